The maximum Gasteiger partial charge on any atom is 0.190 e. The van der Waals surface area contributed by atoms with Gasteiger partial charge in [-0.1, -0.05) is 6.07 Å². The van der Waals surface area contributed by atoms with Gasteiger partial charge in [0.1, 0.15) is 0 Å². The zero-order valence-electron chi connectivity index (χ0n) is 13.1. The van der Waals surface area contributed by atoms with Crippen molar-refractivity contribution in [2.75, 3.05) is 34.4 Å². The van der Waals surface area contributed by atoms with Crippen LogP contribution in [0.5, 0.6) is 11.5 Å². The van der Waals surface area contributed by atoms with Gasteiger partial charge in [0.25, 0.3) is 0 Å². The van der Waals surface area contributed by atoms with Crippen LogP contribution in [-0.4, -0.2) is 40.3 Å². The van der Waals surface area contributed by atoms with Crippen LogP contribution in [0.1, 0.15) is 18.4 Å². The van der Waals surface area contributed by atoms with Crippen molar-refractivity contribution in [2.24, 2.45) is 10.9 Å². The van der Waals surface area contributed by atoms with E-state index in [9.17, 15) is 0 Å². The summed E-state index contributed by atoms with van der Waals surface area (Å²) in [5.74, 6) is 3.25. The summed E-state index contributed by atoms with van der Waals surface area (Å²) in [5.41, 5.74) is 1.21. The summed E-state index contributed by atoms with van der Waals surface area (Å²) in [6, 6.07) is 6.01. The minimum absolute atomic E-state index is 0.760. The summed E-state index contributed by atoms with van der Waals surface area (Å²) in [7, 11) is 5.11. The molecule has 2 N–H and O–H groups in total. The lowest BCUT2D eigenvalue weighted by Gasteiger charge is -2.12. The van der Waals surface area contributed by atoms with Crippen LogP contribution in [0.4, 0.5) is 0 Å². The van der Waals surface area contributed by atoms with Gasteiger partial charge in [-0.3, -0.25) is 4.99 Å². The molecule has 1 fully saturated rings. The Bertz CT molecular complexity index is 484. The normalized spacial score (nSPS) is 14.7. The fourth-order valence-electron chi connectivity index (χ4n) is 2.14. The van der Waals surface area contributed by atoms with E-state index in [0.29, 0.717) is 0 Å². The maximum atomic E-state index is 5.32. The molecule has 5 nitrogen and oxygen atoms in total. The number of aliphatic imine (C=N–C) groups is 1. The van der Waals surface area contributed by atoms with E-state index in [-0.39, 0.29) is 0 Å². The van der Waals surface area contributed by atoms with Gasteiger partial charge in [-0.2, -0.15) is 0 Å². The summed E-state index contributed by atoms with van der Waals surface area (Å²) in [5, 5.41) is 6.69. The Morgan fingerprint density at radius 3 is 2.57 bits per heavy atom. The molecule has 0 atom stereocenters. The lowest BCUT2D eigenvalue weighted by molar-refractivity contribution is 0.354. The molecule has 116 valence electrons. The third-order valence-corrected chi connectivity index (χ3v) is 3.63. The van der Waals surface area contributed by atoms with Crippen LogP contribution in [0, 0.1) is 5.92 Å². The second-order valence-electron chi connectivity index (χ2n) is 5.26. The third kappa shape index (κ3) is 4.85. The van der Waals surface area contributed by atoms with E-state index >= 15 is 0 Å². The smallest absolute Gasteiger partial charge is 0.190 e. The van der Waals surface area contributed by atoms with Crippen molar-refractivity contribution in [1.29, 1.82) is 0 Å². The highest BCUT2D eigenvalue weighted by Crippen LogP contribution is 2.28. The standard InChI is InChI=1S/C16H25N3O2/c1-17-16(19-11-13-4-5-13)18-9-8-12-6-7-14(20-2)15(10-12)21-3/h6-7,10,13H,4-5,8-9,11H2,1-3H3,(H2,17,18,19). The predicted octanol–water partition coefficient (Wildman–Crippen LogP) is 1.82. The molecule has 1 aliphatic carbocycles. The van der Waals surface area contributed by atoms with E-state index in [1.807, 2.05) is 12.1 Å². The van der Waals surface area contributed by atoms with Gasteiger partial charge in [0.15, 0.2) is 17.5 Å². The summed E-state index contributed by atoms with van der Waals surface area (Å²) < 4.78 is 10.6. The first-order chi connectivity index (χ1) is 10.3. The van der Waals surface area contributed by atoms with Crippen molar-refractivity contribution in [3.63, 3.8) is 0 Å². The molecule has 5 heteroatoms. The zero-order chi connectivity index (χ0) is 15.1. The quantitative estimate of drug-likeness (QED) is 0.594. The number of nitrogens with zero attached hydrogens (tertiary/aromatic N) is 1. The molecular formula is C16H25N3O2. The first-order valence-electron chi connectivity index (χ1n) is 7.42. The van der Waals surface area contributed by atoms with Gasteiger partial charge in [0.2, 0.25) is 0 Å². The second kappa shape index (κ2) is 7.76. The first kappa shape index (κ1) is 15.5. The van der Waals surface area contributed by atoms with Crippen molar-refractivity contribution in [3.8, 4) is 11.5 Å². The molecule has 1 aliphatic rings. The fraction of sp³-hybridized carbons (Fsp3) is 0.562. The molecule has 0 heterocycles. The van der Waals surface area contributed by atoms with Crippen LogP contribution < -0.4 is 20.1 Å². The highest BCUT2D eigenvalue weighted by Gasteiger charge is 2.20. The van der Waals surface area contributed by atoms with E-state index < -0.39 is 0 Å². The van der Waals surface area contributed by atoms with E-state index in [1.54, 1.807) is 21.3 Å². The van der Waals surface area contributed by atoms with Crippen molar-refractivity contribution >= 4 is 5.96 Å². The Kier molecular flexibility index (Phi) is 5.72. The van der Waals surface area contributed by atoms with E-state index in [4.69, 9.17) is 9.47 Å². The summed E-state index contributed by atoms with van der Waals surface area (Å²) in [6.07, 6.45) is 3.59. The van der Waals surface area contributed by atoms with Gasteiger partial charge in [0.05, 0.1) is 14.2 Å². The highest BCUT2D eigenvalue weighted by atomic mass is 16.5. The largest absolute Gasteiger partial charge is 0.493 e. The van der Waals surface area contributed by atoms with Gasteiger partial charge in [-0.15, -0.1) is 0 Å². The van der Waals surface area contributed by atoms with Crippen LogP contribution in [0.25, 0.3) is 0 Å². The number of nitrogens with one attached hydrogen (secondary N) is 2. The molecule has 0 saturated heterocycles. The summed E-state index contributed by atoms with van der Waals surface area (Å²) in [4.78, 5) is 4.23. The van der Waals surface area contributed by atoms with Crippen molar-refractivity contribution < 1.29 is 9.47 Å². The van der Waals surface area contributed by atoms with Crippen LogP contribution in [0.2, 0.25) is 0 Å². The maximum absolute atomic E-state index is 5.32. The Hall–Kier alpha value is -1.91. The zero-order valence-corrected chi connectivity index (χ0v) is 13.1. The Balaban J connectivity index is 1.78. The molecule has 0 aromatic heterocycles. The Morgan fingerprint density at radius 2 is 1.95 bits per heavy atom. The minimum atomic E-state index is 0.760. The van der Waals surface area contributed by atoms with Crippen LogP contribution in [0.15, 0.2) is 23.2 Å². The molecule has 0 unspecified atom stereocenters. The van der Waals surface area contributed by atoms with Crippen LogP contribution in [0.3, 0.4) is 0 Å². The number of rotatable bonds is 7. The predicted molar refractivity (Wildman–Crippen MR) is 85.3 cm³/mol. The highest BCUT2D eigenvalue weighted by molar-refractivity contribution is 5.79. The van der Waals surface area contributed by atoms with Gasteiger partial charge >= 0.3 is 0 Å². The first-order valence-corrected chi connectivity index (χ1v) is 7.42. The molecule has 0 radical (unpaired) electrons. The lowest BCUT2D eigenvalue weighted by Crippen LogP contribution is -2.39. The van der Waals surface area contributed by atoms with E-state index in [2.05, 4.69) is 21.7 Å². The third-order valence-electron chi connectivity index (χ3n) is 3.63. The number of hydrogen-bond donors (Lipinski definition) is 2. The number of methoxy groups -OCH3 is 2. The average molecular weight is 291 g/mol. The number of benzene rings is 1. The van der Waals surface area contributed by atoms with E-state index in [0.717, 1.165) is 42.9 Å². The molecule has 1 saturated carbocycles. The average Bonchev–Trinajstić information content (AvgIpc) is 3.34. The Morgan fingerprint density at radius 1 is 1.19 bits per heavy atom. The summed E-state index contributed by atoms with van der Waals surface area (Å²) in [6.45, 7) is 1.86. The van der Waals surface area contributed by atoms with Gasteiger partial charge in [-0.05, 0) is 42.9 Å². The van der Waals surface area contributed by atoms with Gasteiger partial charge in [-0.25, -0.2) is 0 Å². The van der Waals surface area contributed by atoms with Gasteiger partial charge in [0, 0.05) is 20.1 Å². The molecule has 21 heavy (non-hydrogen) atoms. The number of hydrogen-bond acceptors (Lipinski definition) is 3. The molecule has 0 amide bonds. The molecule has 0 spiro atoms. The van der Waals surface area contributed by atoms with Crippen molar-refractivity contribution in [2.45, 2.75) is 19.3 Å². The fourth-order valence-corrected chi connectivity index (χ4v) is 2.14. The SMILES string of the molecule is CN=C(NCCc1ccc(OC)c(OC)c1)NCC1CC1. The van der Waals surface area contributed by atoms with Crippen molar-refractivity contribution in [3.05, 3.63) is 23.8 Å². The molecule has 0 aliphatic heterocycles. The second-order valence-corrected chi connectivity index (χ2v) is 5.26. The summed E-state index contributed by atoms with van der Waals surface area (Å²) >= 11 is 0. The number of ether oxygens (including phenoxy) is 2. The van der Waals surface area contributed by atoms with Crippen LogP contribution in [-0.2, 0) is 6.42 Å². The molecular weight excluding hydrogens is 266 g/mol. The monoisotopic (exact) mass is 291 g/mol. The van der Waals surface area contributed by atoms with Crippen LogP contribution >= 0.6 is 0 Å². The Labute approximate surface area is 126 Å². The molecule has 0 bridgehead atoms. The van der Waals surface area contributed by atoms with Gasteiger partial charge < -0.3 is 20.1 Å². The molecule has 1 aromatic rings. The molecule has 2 rings (SSSR count). The topological polar surface area (TPSA) is 54.9 Å². The lowest BCUT2D eigenvalue weighted by atomic mass is 10.1. The minimum Gasteiger partial charge on any atom is -0.493 e. The molecule has 1 aromatic carbocycles. The van der Waals surface area contributed by atoms with Crippen molar-refractivity contribution in [1.82, 2.24) is 10.6 Å². The number of guanidine groups is 1. The van der Waals surface area contributed by atoms with E-state index in [1.165, 1.54) is 18.4 Å².